The monoisotopic (exact) mass is 1080 g/mol. The summed E-state index contributed by atoms with van der Waals surface area (Å²) in [5.41, 5.74) is 0. The highest BCUT2D eigenvalue weighted by atomic mass is 16.7. The fourth-order valence-corrected chi connectivity index (χ4v) is 8.91. The third-order valence-electron chi connectivity index (χ3n) is 13.7. The van der Waals surface area contributed by atoms with E-state index in [2.05, 4.69) is 93.7 Å². The van der Waals surface area contributed by atoms with Gasteiger partial charge in [0, 0.05) is 19.3 Å². The van der Waals surface area contributed by atoms with Crippen molar-refractivity contribution < 1.29 is 58.2 Å². The van der Waals surface area contributed by atoms with Crippen molar-refractivity contribution in [3.8, 4) is 0 Å². The summed E-state index contributed by atoms with van der Waals surface area (Å²) < 4.78 is 28.4. The van der Waals surface area contributed by atoms with Gasteiger partial charge in [0.2, 0.25) is 0 Å². The number of hydrogen-bond donors (Lipinski definition) is 3. The second kappa shape index (κ2) is 52.8. The van der Waals surface area contributed by atoms with Crippen molar-refractivity contribution >= 4 is 23.9 Å². The zero-order valence-electron chi connectivity index (χ0n) is 48.7. The summed E-state index contributed by atoms with van der Waals surface area (Å²) in [6.07, 6.45) is 54.3. The van der Waals surface area contributed by atoms with Crippen molar-refractivity contribution in [1.29, 1.82) is 0 Å². The van der Waals surface area contributed by atoms with E-state index in [1.165, 1.54) is 57.8 Å². The molecule has 0 aromatic heterocycles. The lowest BCUT2D eigenvalue weighted by Gasteiger charge is -2.40. The minimum absolute atomic E-state index is 0.0480. The Balaban J connectivity index is 2.66. The third-order valence-corrected chi connectivity index (χ3v) is 13.7. The topological polar surface area (TPSA) is 175 Å². The highest BCUT2D eigenvalue weighted by molar-refractivity contribution is 5.74. The molecule has 12 heteroatoms. The molecule has 1 heterocycles. The predicted octanol–water partition coefficient (Wildman–Crippen LogP) is 16.1. The van der Waals surface area contributed by atoms with Gasteiger partial charge in [-0.2, -0.15) is 0 Å². The van der Waals surface area contributed by atoms with Gasteiger partial charge in [-0.25, -0.2) is 4.79 Å². The molecular formula is C65H110O12. The van der Waals surface area contributed by atoms with Gasteiger partial charge in [0.15, 0.2) is 24.6 Å². The van der Waals surface area contributed by atoms with Crippen LogP contribution in [0.5, 0.6) is 0 Å². The van der Waals surface area contributed by atoms with E-state index in [1.54, 1.807) is 0 Å². The molecule has 1 fully saturated rings. The summed E-state index contributed by atoms with van der Waals surface area (Å²) in [5, 5.41) is 31.5. The highest BCUT2D eigenvalue weighted by Crippen LogP contribution is 2.26. The van der Waals surface area contributed by atoms with Gasteiger partial charge >= 0.3 is 23.9 Å². The van der Waals surface area contributed by atoms with Crippen LogP contribution in [0.1, 0.15) is 265 Å². The Kier molecular flexibility index (Phi) is 48.8. The van der Waals surface area contributed by atoms with E-state index in [1.807, 2.05) is 0 Å². The summed E-state index contributed by atoms with van der Waals surface area (Å²) >= 11 is 0. The Morgan fingerprint density at radius 1 is 0.429 bits per heavy atom. The van der Waals surface area contributed by atoms with Crippen molar-refractivity contribution in [2.45, 2.75) is 302 Å². The number of hydrogen-bond acceptors (Lipinski definition) is 11. The Labute approximate surface area is 468 Å². The van der Waals surface area contributed by atoms with Crippen LogP contribution in [-0.4, -0.2) is 89.2 Å². The van der Waals surface area contributed by atoms with Crippen molar-refractivity contribution in [3.63, 3.8) is 0 Å². The molecule has 0 bridgehead atoms. The number of aliphatic hydroxyl groups excluding tert-OH is 2. The predicted molar refractivity (Wildman–Crippen MR) is 312 cm³/mol. The van der Waals surface area contributed by atoms with Crippen LogP contribution in [0.4, 0.5) is 0 Å². The molecule has 0 spiro atoms. The number of aliphatic carboxylic acids is 1. The van der Waals surface area contributed by atoms with E-state index >= 15 is 0 Å². The number of aliphatic hydroxyl groups is 2. The first-order valence-electron chi connectivity index (χ1n) is 30.9. The van der Waals surface area contributed by atoms with Gasteiger partial charge < -0.3 is 39.0 Å². The average molecular weight is 1080 g/mol. The second-order valence-electron chi connectivity index (χ2n) is 21.0. The molecule has 0 amide bonds. The van der Waals surface area contributed by atoms with E-state index in [0.717, 1.165) is 148 Å². The molecule has 0 aromatic carbocycles. The summed E-state index contributed by atoms with van der Waals surface area (Å²) in [6.45, 7) is 5.89. The first-order valence-corrected chi connectivity index (χ1v) is 30.9. The van der Waals surface area contributed by atoms with E-state index in [-0.39, 0.29) is 25.9 Å². The fourth-order valence-electron chi connectivity index (χ4n) is 8.91. The zero-order chi connectivity index (χ0) is 56.1. The highest BCUT2D eigenvalue weighted by Gasteiger charge is 2.50. The van der Waals surface area contributed by atoms with E-state index in [4.69, 9.17) is 23.7 Å². The molecule has 1 aliphatic rings. The average Bonchev–Trinajstić information content (AvgIpc) is 3.42. The summed E-state index contributed by atoms with van der Waals surface area (Å²) in [6, 6.07) is 0. The summed E-state index contributed by atoms with van der Waals surface area (Å²) in [5.74, 6) is -3.15. The van der Waals surface area contributed by atoms with E-state index in [0.29, 0.717) is 19.3 Å². The normalized spacial score (nSPS) is 18.5. The molecule has 1 rings (SSSR count). The van der Waals surface area contributed by atoms with Crippen LogP contribution in [0.25, 0.3) is 0 Å². The number of carbonyl (C=O) groups excluding carboxylic acids is 3. The molecule has 6 unspecified atom stereocenters. The van der Waals surface area contributed by atoms with Crippen LogP contribution in [0.2, 0.25) is 0 Å². The molecule has 0 aliphatic carbocycles. The molecule has 0 radical (unpaired) electrons. The number of carboxylic acid groups (broad SMARTS) is 1. The van der Waals surface area contributed by atoms with Crippen molar-refractivity contribution in [3.05, 3.63) is 72.9 Å². The van der Waals surface area contributed by atoms with Crippen LogP contribution in [-0.2, 0) is 42.9 Å². The van der Waals surface area contributed by atoms with Gasteiger partial charge in [0.25, 0.3) is 0 Å². The van der Waals surface area contributed by atoms with Crippen LogP contribution in [0.3, 0.4) is 0 Å². The standard InChI is InChI=1S/C65H110O12/c1-4-7-10-13-16-19-22-24-26-28-29-31-32-34-37-39-42-45-48-51-57(66)73-54-56(75-58(67)52-49-46-43-40-36-21-18-15-12-9-6-3)55-74-65-63(61(70)60(69)62(77-65)64(71)72)76-59(68)53-50-47-44-41-38-35-33-30-27-25-23-20-17-14-11-8-5-2/h15-20,24-27,29,31,56,60-63,65,69-70H,4-14,21-23,28,30,32-55H2,1-3H3,(H,71,72)/b18-15-,19-16-,20-17-,26-24-,27-25-,31-29-. The van der Waals surface area contributed by atoms with Gasteiger partial charge in [-0.05, 0) is 109 Å². The molecule has 12 nitrogen and oxygen atoms in total. The van der Waals surface area contributed by atoms with Crippen molar-refractivity contribution in [2.24, 2.45) is 0 Å². The second-order valence-corrected chi connectivity index (χ2v) is 21.0. The van der Waals surface area contributed by atoms with Crippen LogP contribution in [0.15, 0.2) is 72.9 Å². The number of carbonyl (C=O) groups is 4. The molecule has 0 saturated carbocycles. The van der Waals surface area contributed by atoms with Crippen molar-refractivity contribution in [2.75, 3.05) is 13.2 Å². The molecule has 0 aromatic rings. The lowest BCUT2D eigenvalue weighted by atomic mass is 9.98. The Bertz CT molecular complexity index is 1620. The number of rotatable bonds is 52. The number of allylic oxidation sites excluding steroid dienone is 12. The lowest BCUT2D eigenvalue weighted by Crippen LogP contribution is -2.61. The molecule has 1 aliphatic heterocycles. The smallest absolute Gasteiger partial charge is 0.335 e. The lowest BCUT2D eigenvalue weighted by molar-refractivity contribution is -0.301. The van der Waals surface area contributed by atoms with E-state index in [9.17, 15) is 34.5 Å². The maximum atomic E-state index is 13.1. The minimum atomic E-state index is -1.91. The number of carboxylic acids is 1. The van der Waals surface area contributed by atoms with E-state index < -0.39 is 67.3 Å². The quantitative estimate of drug-likeness (QED) is 0.0228. The summed E-state index contributed by atoms with van der Waals surface area (Å²) in [7, 11) is 0. The Morgan fingerprint density at radius 3 is 1.23 bits per heavy atom. The number of esters is 3. The Hall–Kier alpha value is -3.84. The maximum absolute atomic E-state index is 13.1. The first kappa shape index (κ1) is 71.2. The van der Waals surface area contributed by atoms with Gasteiger partial charge in [-0.3, -0.25) is 14.4 Å². The largest absolute Gasteiger partial charge is 0.479 e. The van der Waals surface area contributed by atoms with Gasteiger partial charge in [0.1, 0.15) is 18.8 Å². The Morgan fingerprint density at radius 2 is 0.792 bits per heavy atom. The van der Waals surface area contributed by atoms with Crippen LogP contribution < -0.4 is 0 Å². The van der Waals surface area contributed by atoms with Crippen molar-refractivity contribution in [1.82, 2.24) is 0 Å². The maximum Gasteiger partial charge on any atom is 0.335 e. The first-order chi connectivity index (χ1) is 37.6. The molecule has 1 saturated heterocycles. The molecule has 77 heavy (non-hydrogen) atoms. The molecule has 442 valence electrons. The minimum Gasteiger partial charge on any atom is -0.479 e. The van der Waals surface area contributed by atoms with Crippen LogP contribution in [0, 0.1) is 0 Å². The third kappa shape index (κ3) is 42.7. The molecule has 6 atom stereocenters. The van der Waals surface area contributed by atoms with Gasteiger partial charge in [-0.1, -0.05) is 209 Å². The number of unbranched alkanes of at least 4 members (excludes halogenated alkanes) is 26. The van der Waals surface area contributed by atoms with Gasteiger partial charge in [-0.15, -0.1) is 0 Å². The molecular weight excluding hydrogens is 973 g/mol. The van der Waals surface area contributed by atoms with Crippen LogP contribution >= 0.6 is 0 Å². The fraction of sp³-hybridized carbons (Fsp3) is 0.754. The zero-order valence-corrected chi connectivity index (χ0v) is 48.7. The van der Waals surface area contributed by atoms with Gasteiger partial charge in [0.05, 0.1) is 6.61 Å². The number of ether oxygens (including phenoxy) is 5. The summed E-state index contributed by atoms with van der Waals surface area (Å²) in [4.78, 5) is 51.2. The SMILES string of the molecule is CCCC/C=C\CCCCCCCC(=O)OC(COC(=O)CCCCCCCC/C=C\C/C=C\C/C=C\CCCCC)COC1OC(C(=O)O)C(O)C(O)C1OC(=O)CCCCCCCCC/C=C\C/C=C\CCCCC. The molecule has 3 N–H and O–H groups in total.